The second kappa shape index (κ2) is 12.8. The molecular weight excluding hydrogens is 390 g/mol. The van der Waals surface area contributed by atoms with Gasteiger partial charge in [-0.1, -0.05) is 42.8 Å². The molecule has 1 amide bonds. The van der Waals surface area contributed by atoms with Gasteiger partial charge in [0.25, 0.3) is 0 Å². The van der Waals surface area contributed by atoms with Crippen LogP contribution in [0, 0.1) is 0 Å². The lowest BCUT2D eigenvalue weighted by Gasteiger charge is -2.24. The van der Waals surface area contributed by atoms with Gasteiger partial charge in [0.2, 0.25) is 5.91 Å². The van der Waals surface area contributed by atoms with E-state index < -0.39 is 0 Å². The Morgan fingerprint density at radius 3 is 2.74 bits per heavy atom. The average molecular weight is 424 g/mol. The molecule has 2 aromatic rings. The number of likely N-dealkylation sites (tertiary alicyclic amines) is 1. The number of hydrogen-bond donors (Lipinski definition) is 1. The minimum absolute atomic E-state index is 0.00488. The molecule has 1 aliphatic rings. The number of amides is 1. The van der Waals surface area contributed by atoms with E-state index in [-0.39, 0.29) is 24.9 Å². The molecule has 1 atom stereocenters. The van der Waals surface area contributed by atoms with Crippen molar-refractivity contribution in [2.45, 2.75) is 57.6 Å². The van der Waals surface area contributed by atoms with Crippen molar-refractivity contribution in [3.8, 4) is 0 Å². The van der Waals surface area contributed by atoms with Gasteiger partial charge in [-0.15, -0.1) is 0 Å². The molecule has 1 aliphatic heterocycles. The summed E-state index contributed by atoms with van der Waals surface area (Å²) in [7, 11) is 0. The highest BCUT2D eigenvalue weighted by atomic mass is 16.5. The Bertz CT molecular complexity index is 798. The summed E-state index contributed by atoms with van der Waals surface area (Å²) in [6.45, 7) is 2.80. The SMILES string of the molecule is O=C(CCCCCN1CCC[C@H]1c1cccnc1)NCCC(=O)OCc1ccccc1. The fourth-order valence-corrected chi connectivity index (χ4v) is 4.02. The Balaban J connectivity index is 1.21. The molecule has 0 radical (unpaired) electrons. The molecule has 0 unspecified atom stereocenters. The van der Waals surface area contributed by atoms with Crippen molar-refractivity contribution in [3.63, 3.8) is 0 Å². The van der Waals surface area contributed by atoms with E-state index in [2.05, 4.69) is 21.3 Å². The van der Waals surface area contributed by atoms with Gasteiger partial charge in [0, 0.05) is 31.4 Å². The maximum absolute atomic E-state index is 12.0. The topological polar surface area (TPSA) is 71.5 Å². The van der Waals surface area contributed by atoms with E-state index >= 15 is 0 Å². The Morgan fingerprint density at radius 1 is 1.06 bits per heavy atom. The quantitative estimate of drug-likeness (QED) is 0.412. The first-order valence-electron chi connectivity index (χ1n) is 11.3. The first-order valence-corrected chi connectivity index (χ1v) is 11.3. The van der Waals surface area contributed by atoms with Crippen LogP contribution in [0.1, 0.15) is 62.1 Å². The molecule has 166 valence electrons. The molecule has 1 fully saturated rings. The van der Waals surface area contributed by atoms with Crippen LogP contribution in [0.3, 0.4) is 0 Å². The van der Waals surface area contributed by atoms with Crippen molar-refractivity contribution in [3.05, 3.63) is 66.0 Å². The number of nitrogens with zero attached hydrogens (tertiary/aromatic N) is 2. The number of nitrogens with one attached hydrogen (secondary N) is 1. The fourth-order valence-electron chi connectivity index (χ4n) is 4.02. The molecule has 6 nitrogen and oxygen atoms in total. The number of unbranched alkanes of at least 4 members (excludes halogenated alkanes) is 2. The second-order valence-corrected chi connectivity index (χ2v) is 8.04. The fraction of sp³-hybridized carbons (Fsp3) is 0.480. The molecule has 0 bridgehead atoms. The predicted molar refractivity (Wildman–Crippen MR) is 120 cm³/mol. The summed E-state index contributed by atoms with van der Waals surface area (Å²) in [5.41, 5.74) is 2.27. The molecular formula is C25H33N3O3. The maximum Gasteiger partial charge on any atom is 0.307 e. The van der Waals surface area contributed by atoms with Crippen LogP contribution >= 0.6 is 0 Å². The van der Waals surface area contributed by atoms with Crippen LogP contribution in [-0.2, 0) is 20.9 Å². The van der Waals surface area contributed by atoms with Gasteiger partial charge in [-0.2, -0.15) is 0 Å². The third kappa shape index (κ3) is 8.13. The van der Waals surface area contributed by atoms with E-state index in [0.717, 1.165) is 37.9 Å². The van der Waals surface area contributed by atoms with E-state index in [1.54, 1.807) is 0 Å². The molecule has 3 rings (SSSR count). The van der Waals surface area contributed by atoms with Gasteiger partial charge in [-0.3, -0.25) is 19.5 Å². The van der Waals surface area contributed by atoms with Crippen LogP contribution in [0.25, 0.3) is 0 Å². The summed E-state index contributed by atoms with van der Waals surface area (Å²) < 4.78 is 5.21. The van der Waals surface area contributed by atoms with Gasteiger partial charge in [-0.25, -0.2) is 0 Å². The number of ether oxygens (including phenoxy) is 1. The number of hydrogen-bond acceptors (Lipinski definition) is 5. The standard InChI is InChI=1S/C25H33N3O3/c29-24(27-16-14-25(30)31-20-21-9-3-1-4-10-21)13-5-2-6-17-28-18-8-12-23(28)22-11-7-15-26-19-22/h1,3-4,7,9-11,15,19,23H,2,5-6,8,12-14,16-18,20H2,(H,27,29)/t23-/m0/s1. The van der Waals surface area contributed by atoms with Crippen LogP contribution in [-0.4, -0.2) is 41.4 Å². The van der Waals surface area contributed by atoms with E-state index in [1.807, 2.05) is 48.8 Å². The van der Waals surface area contributed by atoms with Crippen molar-refractivity contribution < 1.29 is 14.3 Å². The number of aromatic nitrogens is 1. The van der Waals surface area contributed by atoms with Crippen molar-refractivity contribution in [1.29, 1.82) is 0 Å². The molecule has 0 aliphatic carbocycles. The number of pyridine rings is 1. The molecule has 0 spiro atoms. The van der Waals surface area contributed by atoms with E-state index in [0.29, 0.717) is 19.0 Å². The largest absolute Gasteiger partial charge is 0.461 e. The summed E-state index contributed by atoms with van der Waals surface area (Å²) in [5.74, 6) is -0.289. The highest BCUT2D eigenvalue weighted by Crippen LogP contribution is 2.31. The van der Waals surface area contributed by atoms with Crippen molar-refractivity contribution >= 4 is 11.9 Å². The van der Waals surface area contributed by atoms with Gasteiger partial charge in [0.1, 0.15) is 6.61 Å². The van der Waals surface area contributed by atoms with Crippen LogP contribution in [0.5, 0.6) is 0 Å². The molecule has 2 heterocycles. The minimum Gasteiger partial charge on any atom is -0.461 e. The van der Waals surface area contributed by atoms with E-state index in [1.165, 1.54) is 18.4 Å². The summed E-state index contributed by atoms with van der Waals surface area (Å²) >= 11 is 0. The zero-order chi connectivity index (χ0) is 21.7. The molecule has 6 heteroatoms. The zero-order valence-corrected chi connectivity index (χ0v) is 18.2. The number of rotatable bonds is 12. The summed E-state index contributed by atoms with van der Waals surface area (Å²) in [4.78, 5) is 30.5. The zero-order valence-electron chi connectivity index (χ0n) is 18.2. The van der Waals surface area contributed by atoms with Gasteiger partial charge in [0.05, 0.1) is 6.42 Å². The Kier molecular flexibility index (Phi) is 9.51. The lowest BCUT2D eigenvalue weighted by molar-refractivity contribution is -0.144. The van der Waals surface area contributed by atoms with Crippen molar-refractivity contribution in [2.75, 3.05) is 19.6 Å². The smallest absolute Gasteiger partial charge is 0.307 e. The molecule has 0 saturated carbocycles. The van der Waals surface area contributed by atoms with Gasteiger partial charge >= 0.3 is 5.97 Å². The summed E-state index contributed by atoms with van der Waals surface area (Å²) in [6, 6.07) is 14.2. The van der Waals surface area contributed by atoms with Gasteiger partial charge in [0.15, 0.2) is 0 Å². The van der Waals surface area contributed by atoms with Crippen LogP contribution in [0.2, 0.25) is 0 Å². The Morgan fingerprint density at radius 2 is 1.94 bits per heavy atom. The average Bonchev–Trinajstić information content (AvgIpc) is 3.27. The molecule has 1 N–H and O–H groups in total. The molecule has 31 heavy (non-hydrogen) atoms. The van der Waals surface area contributed by atoms with E-state index in [4.69, 9.17) is 4.74 Å². The number of carbonyl (C=O) groups is 2. The van der Waals surface area contributed by atoms with Crippen LogP contribution < -0.4 is 5.32 Å². The number of benzene rings is 1. The first kappa shape index (κ1) is 22.9. The van der Waals surface area contributed by atoms with E-state index in [9.17, 15) is 9.59 Å². The first-order chi connectivity index (χ1) is 15.2. The molecule has 1 saturated heterocycles. The Hall–Kier alpha value is -2.73. The van der Waals surface area contributed by atoms with Gasteiger partial charge in [-0.05, 0) is 56.0 Å². The van der Waals surface area contributed by atoms with Crippen LogP contribution in [0.4, 0.5) is 0 Å². The monoisotopic (exact) mass is 423 g/mol. The Labute approximate surface area is 185 Å². The third-order valence-corrected chi connectivity index (χ3v) is 5.68. The van der Waals surface area contributed by atoms with Crippen molar-refractivity contribution in [1.82, 2.24) is 15.2 Å². The molecule has 1 aromatic carbocycles. The maximum atomic E-state index is 12.0. The molecule has 1 aromatic heterocycles. The lowest BCUT2D eigenvalue weighted by atomic mass is 10.1. The highest BCUT2D eigenvalue weighted by molar-refractivity contribution is 5.77. The van der Waals surface area contributed by atoms with Crippen LogP contribution in [0.15, 0.2) is 54.9 Å². The third-order valence-electron chi connectivity index (χ3n) is 5.68. The lowest BCUT2D eigenvalue weighted by Crippen LogP contribution is -2.26. The van der Waals surface area contributed by atoms with Gasteiger partial charge < -0.3 is 10.1 Å². The number of carbonyl (C=O) groups excluding carboxylic acids is 2. The second-order valence-electron chi connectivity index (χ2n) is 8.04. The number of esters is 1. The summed E-state index contributed by atoms with van der Waals surface area (Å²) in [5, 5.41) is 2.82. The predicted octanol–water partition coefficient (Wildman–Crippen LogP) is 4.03. The summed E-state index contributed by atoms with van der Waals surface area (Å²) in [6.07, 6.45) is 9.92. The minimum atomic E-state index is -0.294. The normalized spacial score (nSPS) is 16.2. The van der Waals surface area contributed by atoms with Crippen molar-refractivity contribution in [2.24, 2.45) is 0 Å². The highest BCUT2D eigenvalue weighted by Gasteiger charge is 2.25.